The Morgan fingerprint density at radius 3 is 2.57 bits per heavy atom. The van der Waals surface area contributed by atoms with Gasteiger partial charge in [-0.05, 0) is 42.3 Å². The number of likely N-dealkylation sites (tertiary alicyclic amines) is 1. The van der Waals surface area contributed by atoms with Crippen LogP contribution in [0.3, 0.4) is 0 Å². The Hall–Kier alpha value is -2.39. The van der Waals surface area contributed by atoms with Crippen molar-refractivity contribution >= 4 is 18.3 Å². The monoisotopic (exact) mass is 440 g/mol. The van der Waals surface area contributed by atoms with Crippen molar-refractivity contribution in [3.8, 4) is 17.2 Å². The number of ether oxygens (including phenoxy) is 2. The minimum Gasteiger partial charge on any atom is -0.493 e. The topological polar surface area (TPSA) is 105 Å². The summed E-state index contributed by atoms with van der Waals surface area (Å²) in [5.74, 6) is -0.545. The predicted octanol–water partition coefficient (Wildman–Crippen LogP) is 2.32. The summed E-state index contributed by atoms with van der Waals surface area (Å²) < 4.78 is 25.2. The van der Waals surface area contributed by atoms with E-state index in [0.717, 1.165) is 0 Å². The summed E-state index contributed by atoms with van der Waals surface area (Å²) in [5, 5.41) is 19.4. The number of amides is 1. The molecule has 1 aliphatic rings. The SMILES string of the molecule is COc1ccc(C(=O)N2CC[C@H](CO)[C@@H](O)C2)cc1Oc1ccc(CN)cc1F.Cl. The molecule has 2 aromatic carbocycles. The molecule has 2 aromatic rings. The molecule has 164 valence electrons. The third kappa shape index (κ3) is 5.20. The van der Waals surface area contributed by atoms with Gasteiger partial charge in [0, 0.05) is 37.7 Å². The largest absolute Gasteiger partial charge is 0.493 e. The van der Waals surface area contributed by atoms with E-state index in [1.54, 1.807) is 18.2 Å². The molecule has 1 fully saturated rings. The van der Waals surface area contributed by atoms with E-state index in [1.165, 1.54) is 30.2 Å². The zero-order valence-electron chi connectivity index (χ0n) is 16.6. The molecule has 4 N–H and O–H groups in total. The molecular weight excluding hydrogens is 415 g/mol. The van der Waals surface area contributed by atoms with Gasteiger partial charge < -0.3 is 30.3 Å². The van der Waals surface area contributed by atoms with E-state index < -0.39 is 11.9 Å². The van der Waals surface area contributed by atoms with Gasteiger partial charge in [-0.2, -0.15) is 0 Å². The van der Waals surface area contributed by atoms with Gasteiger partial charge in [0.25, 0.3) is 5.91 Å². The molecule has 7 nitrogen and oxygen atoms in total. The number of nitrogens with zero attached hydrogens (tertiary/aromatic N) is 1. The summed E-state index contributed by atoms with van der Waals surface area (Å²) in [6.45, 7) is 0.668. The summed E-state index contributed by atoms with van der Waals surface area (Å²) in [6.07, 6.45) is -0.261. The maximum Gasteiger partial charge on any atom is 0.254 e. The second kappa shape index (κ2) is 10.6. The molecule has 0 spiro atoms. The summed E-state index contributed by atoms with van der Waals surface area (Å²) >= 11 is 0. The molecule has 0 bridgehead atoms. The van der Waals surface area contributed by atoms with Crippen molar-refractivity contribution in [2.24, 2.45) is 11.7 Å². The Kier molecular flexibility index (Phi) is 8.43. The smallest absolute Gasteiger partial charge is 0.254 e. The maximum absolute atomic E-state index is 14.3. The summed E-state index contributed by atoms with van der Waals surface area (Å²) in [6, 6.07) is 9.08. The van der Waals surface area contributed by atoms with E-state index in [2.05, 4.69) is 0 Å². The summed E-state index contributed by atoms with van der Waals surface area (Å²) in [7, 11) is 1.45. The van der Waals surface area contributed by atoms with Gasteiger partial charge in [0.15, 0.2) is 23.1 Å². The molecular formula is C21H26ClFN2O5. The number of hydrogen-bond acceptors (Lipinski definition) is 6. The number of benzene rings is 2. The standard InChI is InChI=1S/C21H25FN2O5.ClH/c1-28-19-5-3-14(21(27)24-7-6-15(12-25)17(26)11-24)9-20(19)29-18-4-2-13(10-23)8-16(18)22;/h2-5,8-9,15,17,25-26H,6-7,10-12,23H2,1H3;1H/t15-,17+;/m1./s1. The lowest BCUT2D eigenvalue weighted by atomic mass is 9.94. The van der Waals surface area contributed by atoms with Crippen molar-refractivity contribution in [2.45, 2.75) is 19.1 Å². The normalized spacial score (nSPS) is 18.5. The van der Waals surface area contributed by atoms with Crippen molar-refractivity contribution in [1.82, 2.24) is 4.90 Å². The number of methoxy groups -OCH3 is 1. The number of nitrogens with two attached hydrogens (primary N) is 1. The molecule has 0 aromatic heterocycles. The van der Waals surface area contributed by atoms with Crippen molar-refractivity contribution < 1.29 is 28.9 Å². The Morgan fingerprint density at radius 2 is 1.97 bits per heavy atom. The number of β-amino-alcohol motifs (C(OH)–C–C–N with tert-alkyl or cyclic N) is 1. The van der Waals surface area contributed by atoms with Crippen LogP contribution in [0.25, 0.3) is 0 Å². The van der Waals surface area contributed by atoms with Crippen LogP contribution in [-0.2, 0) is 6.54 Å². The third-order valence-electron chi connectivity index (χ3n) is 5.11. The number of hydrogen-bond donors (Lipinski definition) is 3. The lowest BCUT2D eigenvalue weighted by Gasteiger charge is -2.35. The fourth-order valence-corrected chi connectivity index (χ4v) is 3.32. The fourth-order valence-electron chi connectivity index (χ4n) is 3.32. The number of aliphatic hydroxyl groups excluding tert-OH is 2. The van der Waals surface area contributed by atoms with E-state index in [1.807, 2.05) is 0 Å². The van der Waals surface area contributed by atoms with E-state index in [9.17, 15) is 19.4 Å². The summed E-state index contributed by atoms with van der Waals surface area (Å²) in [4.78, 5) is 14.4. The van der Waals surface area contributed by atoms with Crippen molar-refractivity contribution in [1.29, 1.82) is 0 Å². The molecule has 0 saturated carbocycles. The van der Waals surface area contributed by atoms with Gasteiger partial charge in [-0.3, -0.25) is 4.79 Å². The van der Waals surface area contributed by atoms with Gasteiger partial charge >= 0.3 is 0 Å². The van der Waals surface area contributed by atoms with Gasteiger partial charge in [0.05, 0.1) is 13.2 Å². The molecule has 0 unspecified atom stereocenters. The van der Waals surface area contributed by atoms with Gasteiger partial charge in [-0.25, -0.2) is 4.39 Å². The molecule has 30 heavy (non-hydrogen) atoms. The fraction of sp³-hybridized carbons (Fsp3) is 0.381. The molecule has 0 radical (unpaired) electrons. The third-order valence-corrected chi connectivity index (χ3v) is 5.11. The van der Waals surface area contributed by atoms with E-state index in [-0.39, 0.29) is 55.4 Å². The van der Waals surface area contributed by atoms with Crippen LogP contribution in [0.4, 0.5) is 4.39 Å². The lowest BCUT2D eigenvalue weighted by molar-refractivity contribution is 0.000868. The molecule has 1 saturated heterocycles. The Labute approximate surface area is 180 Å². The average molecular weight is 441 g/mol. The van der Waals surface area contributed by atoms with Crippen LogP contribution in [-0.4, -0.2) is 53.9 Å². The van der Waals surface area contributed by atoms with Crippen LogP contribution in [0.5, 0.6) is 17.2 Å². The van der Waals surface area contributed by atoms with Crippen LogP contribution >= 0.6 is 12.4 Å². The Balaban J connectivity index is 0.00000320. The predicted molar refractivity (Wildman–Crippen MR) is 112 cm³/mol. The highest BCUT2D eigenvalue weighted by atomic mass is 35.5. The molecule has 1 amide bonds. The quantitative estimate of drug-likeness (QED) is 0.636. The number of carbonyl (C=O) groups is 1. The number of piperidine rings is 1. The Morgan fingerprint density at radius 1 is 1.23 bits per heavy atom. The van der Waals surface area contributed by atoms with Crippen LogP contribution in [0.1, 0.15) is 22.3 Å². The molecule has 3 rings (SSSR count). The van der Waals surface area contributed by atoms with Crippen LogP contribution in [0.15, 0.2) is 36.4 Å². The van der Waals surface area contributed by atoms with Crippen LogP contribution in [0.2, 0.25) is 0 Å². The zero-order chi connectivity index (χ0) is 21.0. The molecule has 9 heteroatoms. The van der Waals surface area contributed by atoms with E-state index in [4.69, 9.17) is 15.2 Å². The second-order valence-electron chi connectivity index (χ2n) is 6.99. The maximum atomic E-state index is 14.3. The average Bonchev–Trinajstić information content (AvgIpc) is 2.74. The summed E-state index contributed by atoms with van der Waals surface area (Å²) in [5.41, 5.74) is 6.48. The van der Waals surface area contributed by atoms with Crippen LogP contribution in [0, 0.1) is 11.7 Å². The van der Waals surface area contributed by atoms with Gasteiger partial charge in [0.1, 0.15) is 0 Å². The van der Waals surface area contributed by atoms with Crippen molar-refractivity contribution in [3.63, 3.8) is 0 Å². The first-order chi connectivity index (χ1) is 14.0. The van der Waals surface area contributed by atoms with Gasteiger partial charge in [-0.15, -0.1) is 12.4 Å². The minimum absolute atomic E-state index is 0. The molecule has 1 heterocycles. The highest BCUT2D eigenvalue weighted by Crippen LogP contribution is 2.34. The molecule has 1 aliphatic heterocycles. The minimum atomic E-state index is -0.776. The van der Waals surface area contributed by atoms with Crippen LogP contribution < -0.4 is 15.2 Å². The number of halogens is 2. The Bertz CT molecular complexity index is 882. The molecule has 0 aliphatic carbocycles. The second-order valence-corrected chi connectivity index (χ2v) is 6.99. The van der Waals surface area contributed by atoms with Gasteiger partial charge in [0.2, 0.25) is 0 Å². The first-order valence-corrected chi connectivity index (χ1v) is 9.39. The number of carbonyl (C=O) groups excluding carboxylic acids is 1. The highest BCUT2D eigenvalue weighted by molar-refractivity contribution is 5.95. The first-order valence-electron chi connectivity index (χ1n) is 9.39. The zero-order valence-corrected chi connectivity index (χ0v) is 17.4. The van der Waals surface area contributed by atoms with Crippen molar-refractivity contribution in [2.75, 3.05) is 26.8 Å². The lowest BCUT2D eigenvalue weighted by Crippen LogP contribution is -2.47. The van der Waals surface area contributed by atoms with E-state index in [0.29, 0.717) is 29.8 Å². The highest BCUT2D eigenvalue weighted by Gasteiger charge is 2.30. The number of aliphatic hydroxyl groups is 2. The molecule has 2 atom stereocenters. The number of rotatable bonds is 6. The van der Waals surface area contributed by atoms with Gasteiger partial charge in [-0.1, -0.05) is 6.07 Å². The van der Waals surface area contributed by atoms with Crippen molar-refractivity contribution in [3.05, 3.63) is 53.3 Å². The van der Waals surface area contributed by atoms with E-state index >= 15 is 0 Å². The first kappa shape index (κ1) is 23.9.